The predicted octanol–water partition coefficient (Wildman–Crippen LogP) is 3.03. The average molecular weight is 382 g/mol. The van der Waals surface area contributed by atoms with Crippen LogP contribution in [0.1, 0.15) is 30.1 Å². The molecule has 1 aliphatic heterocycles. The Bertz CT molecular complexity index is 1010. The monoisotopic (exact) mass is 382 g/mol. The highest BCUT2D eigenvalue weighted by Gasteiger charge is 2.25. The van der Waals surface area contributed by atoms with Crippen molar-refractivity contribution in [3.05, 3.63) is 48.0 Å². The predicted molar refractivity (Wildman–Crippen MR) is 105 cm³/mol. The minimum Gasteiger partial charge on any atom is -0.483 e. The molecule has 2 N–H and O–H groups in total. The number of carboxylic acid groups (broad SMARTS) is 1. The van der Waals surface area contributed by atoms with E-state index in [4.69, 9.17) is 14.3 Å². The molecule has 4 rings (SSSR count). The van der Waals surface area contributed by atoms with Crippen LogP contribution >= 0.6 is 0 Å². The van der Waals surface area contributed by atoms with Crippen molar-refractivity contribution in [2.24, 2.45) is 0 Å². The summed E-state index contributed by atoms with van der Waals surface area (Å²) < 4.78 is 5.77. The summed E-state index contributed by atoms with van der Waals surface area (Å²) in [4.78, 5) is 34.9. The highest BCUT2D eigenvalue weighted by atomic mass is 16.3. The summed E-state index contributed by atoms with van der Waals surface area (Å²) in [5, 5.41) is 11.5. The van der Waals surface area contributed by atoms with E-state index in [-0.39, 0.29) is 30.9 Å². The Morgan fingerprint density at radius 2 is 1.93 bits per heavy atom. The van der Waals surface area contributed by atoms with Gasteiger partial charge in [-0.25, -0.2) is 0 Å². The first-order chi connectivity index (χ1) is 13.5. The zero-order valence-electron chi connectivity index (χ0n) is 15.6. The Labute approximate surface area is 161 Å². The second kappa shape index (κ2) is 8.56. The lowest BCUT2D eigenvalue weighted by Gasteiger charge is -2.21. The topological polar surface area (TPSA) is 99.9 Å². The molecule has 0 bridgehead atoms. The van der Waals surface area contributed by atoms with Crippen LogP contribution < -0.4 is 5.32 Å². The van der Waals surface area contributed by atoms with E-state index in [9.17, 15) is 9.59 Å². The van der Waals surface area contributed by atoms with E-state index in [0.29, 0.717) is 5.56 Å². The van der Waals surface area contributed by atoms with Crippen LogP contribution in [0.2, 0.25) is 0 Å². The van der Waals surface area contributed by atoms with Crippen molar-refractivity contribution < 1.29 is 23.9 Å². The highest BCUT2D eigenvalue weighted by Crippen LogP contribution is 2.29. The van der Waals surface area contributed by atoms with Gasteiger partial charge in [-0.15, -0.1) is 0 Å². The molecule has 2 heterocycles. The molecule has 0 spiro atoms. The van der Waals surface area contributed by atoms with Crippen LogP contribution in [0.3, 0.4) is 0 Å². The first-order valence-electron chi connectivity index (χ1n) is 9.12. The van der Waals surface area contributed by atoms with E-state index in [1.165, 1.54) is 0 Å². The minimum atomic E-state index is -0.250. The number of furan rings is 1. The van der Waals surface area contributed by atoms with E-state index in [0.717, 1.165) is 41.3 Å². The van der Waals surface area contributed by atoms with Crippen molar-refractivity contribution in [3.8, 4) is 0 Å². The van der Waals surface area contributed by atoms with Crippen molar-refractivity contribution in [2.75, 3.05) is 13.1 Å². The van der Waals surface area contributed by atoms with Crippen molar-refractivity contribution in [1.82, 2.24) is 10.2 Å². The first kappa shape index (κ1) is 19.4. The molecule has 0 aliphatic carbocycles. The summed E-state index contributed by atoms with van der Waals surface area (Å²) in [5.41, 5.74) is 2.08. The van der Waals surface area contributed by atoms with Gasteiger partial charge in [0.05, 0.1) is 6.54 Å². The molecule has 146 valence electrons. The Balaban J connectivity index is 0.000000706. The molecule has 1 saturated heterocycles. The third kappa shape index (κ3) is 3.98. The maximum absolute atomic E-state index is 12.4. The lowest BCUT2D eigenvalue weighted by Crippen LogP contribution is -2.41. The van der Waals surface area contributed by atoms with Crippen molar-refractivity contribution >= 4 is 40.2 Å². The number of likely N-dealkylation sites (tertiary alicyclic amines) is 1. The summed E-state index contributed by atoms with van der Waals surface area (Å²) in [6, 6.07) is 13.4. The quantitative estimate of drug-likeness (QED) is 0.678. The van der Waals surface area contributed by atoms with E-state index in [1.807, 2.05) is 42.2 Å². The first-order valence-corrected chi connectivity index (χ1v) is 9.12. The van der Waals surface area contributed by atoms with Crippen LogP contribution in [0.5, 0.6) is 0 Å². The van der Waals surface area contributed by atoms with Crippen molar-refractivity contribution in [2.45, 2.75) is 25.8 Å². The number of amides is 2. The normalized spacial score (nSPS) is 15.9. The Hall–Kier alpha value is -3.35. The molecular formula is C21H22N2O5. The molecule has 7 nitrogen and oxygen atoms in total. The van der Waals surface area contributed by atoms with Crippen LogP contribution in [-0.2, 0) is 9.59 Å². The fourth-order valence-electron chi connectivity index (χ4n) is 3.53. The molecule has 0 radical (unpaired) electrons. The molecule has 1 aliphatic rings. The molecule has 3 aromatic rings. The summed E-state index contributed by atoms with van der Waals surface area (Å²) in [6.07, 6.45) is 2.06. The molecule has 0 saturated carbocycles. The second-order valence-electron chi connectivity index (χ2n) is 6.68. The molecule has 1 fully saturated rings. The van der Waals surface area contributed by atoms with Crippen molar-refractivity contribution in [1.29, 1.82) is 0 Å². The summed E-state index contributed by atoms with van der Waals surface area (Å²) in [5.74, 6) is -0.263. The smallest absolute Gasteiger partial charge is 0.290 e. The largest absolute Gasteiger partial charge is 0.483 e. The molecular weight excluding hydrogens is 360 g/mol. The number of nitrogens with one attached hydrogen (secondary N) is 1. The Morgan fingerprint density at radius 1 is 1.21 bits per heavy atom. The highest BCUT2D eigenvalue weighted by molar-refractivity contribution is 6.08. The molecule has 1 atom stereocenters. The van der Waals surface area contributed by atoms with E-state index >= 15 is 0 Å². The standard InChI is InChI=1S/C20H20N2O3.CH2O2/c1-13-5-4-10-22(13)19(23)12-21-20(24)14-8-9-18-16(11-14)15-6-2-3-7-17(15)25-18;2-1-3/h2-3,6-9,11,13H,4-5,10,12H2,1H3,(H,21,24);1H,(H,2,3). The van der Waals surface area contributed by atoms with Crippen LogP contribution in [0.15, 0.2) is 46.9 Å². The van der Waals surface area contributed by atoms with E-state index in [1.54, 1.807) is 12.1 Å². The van der Waals surface area contributed by atoms with Crippen LogP contribution in [-0.4, -0.2) is 47.4 Å². The van der Waals surface area contributed by atoms with Gasteiger partial charge in [0.25, 0.3) is 12.4 Å². The van der Waals surface area contributed by atoms with Gasteiger partial charge in [0.2, 0.25) is 5.91 Å². The number of carbonyl (C=O) groups excluding carboxylic acids is 2. The third-order valence-electron chi connectivity index (χ3n) is 4.91. The number of fused-ring (bicyclic) bond motifs is 3. The Morgan fingerprint density at radius 3 is 2.64 bits per heavy atom. The lowest BCUT2D eigenvalue weighted by molar-refractivity contribution is -0.130. The van der Waals surface area contributed by atoms with E-state index in [2.05, 4.69) is 5.32 Å². The van der Waals surface area contributed by atoms with Gasteiger partial charge in [-0.1, -0.05) is 18.2 Å². The number of rotatable bonds is 3. The summed E-state index contributed by atoms with van der Waals surface area (Å²) in [6.45, 7) is 2.61. The molecule has 28 heavy (non-hydrogen) atoms. The molecule has 2 aromatic carbocycles. The second-order valence-corrected chi connectivity index (χ2v) is 6.68. The zero-order chi connectivity index (χ0) is 20.1. The number of benzene rings is 2. The molecule has 1 unspecified atom stereocenters. The van der Waals surface area contributed by atoms with Gasteiger partial charge in [0, 0.05) is 28.9 Å². The molecule has 7 heteroatoms. The molecule has 1 aromatic heterocycles. The van der Waals surface area contributed by atoms with Gasteiger partial charge in [-0.3, -0.25) is 14.4 Å². The SMILES string of the molecule is CC1CCCN1C(=O)CNC(=O)c1ccc2oc3ccccc3c2c1.O=CO. The summed E-state index contributed by atoms with van der Waals surface area (Å²) in [7, 11) is 0. The number of nitrogens with zero attached hydrogens (tertiary/aromatic N) is 1. The van der Waals surface area contributed by atoms with Crippen LogP contribution in [0, 0.1) is 0 Å². The average Bonchev–Trinajstić information content (AvgIpc) is 3.29. The summed E-state index contributed by atoms with van der Waals surface area (Å²) >= 11 is 0. The van der Waals surface area contributed by atoms with Gasteiger partial charge < -0.3 is 19.7 Å². The number of hydrogen-bond donors (Lipinski definition) is 2. The van der Waals surface area contributed by atoms with Gasteiger partial charge in [0.15, 0.2) is 0 Å². The Kier molecular flexibility index (Phi) is 5.93. The van der Waals surface area contributed by atoms with Gasteiger partial charge in [0.1, 0.15) is 11.2 Å². The van der Waals surface area contributed by atoms with Gasteiger partial charge in [-0.2, -0.15) is 0 Å². The van der Waals surface area contributed by atoms with E-state index < -0.39 is 0 Å². The minimum absolute atomic E-state index is 0.0202. The number of carbonyl (C=O) groups is 3. The van der Waals surface area contributed by atoms with Crippen LogP contribution in [0.25, 0.3) is 21.9 Å². The lowest BCUT2D eigenvalue weighted by atomic mass is 10.1. The maximum Gasteiger partial charge on any atom is 0.290 e. The van der Waals surface area contributed by atoms with Gasteiger partial charge >= 0.3 is 0 Å². The fourth-order valence-corrected chi connectivity index (χ4v) is 3.53. The van der Waals surface area contributed by atoms with Crippen molar-refractivity contribution in [3.63, 3.8) is 0 Å². The van der Waals surface area contributed by atoms with Gasteiger partial charge in [-0.05, 0) is 44.0 Å². The fraction of sp³-hybridized carbons (Fsp3) is 0.286. The molecule has 2 amide bonds. The zero-order valence-corrected chi connectivity index (χ0v) is 15.6. The van der Waals surface area contributed by atoms with Crippen LogP contribution in [0.4, 0.5) is 0 Å². The third-order valence-corrected chi connectivity index (χ3v) is 4.91. The number of para-hydroxylation sites is 1. The number of hydrogen-bond acceptors (Lipinski definition) is 4. The maximum atomic E-state index is 12.4.